The van der Waals surface area contributed by atoms with Gasteiger partial charge in [-0.15, -0.1) is 0 Å². The standard InChI is InChI=1S/C15H13FN2O3S/c16-14-7-11(8-17)5-6-15(14)22(20,21)18-9-12-3-1-2-4-13(12)10-19/h1-7,18-19H,9-10H2. The lowest BCUT2D eigenvalue weighted by Gasteiger charge is -2.10. The van der Waals surface area contributed by atoms with Gasteiger partial charge in [-0.25, -0.2) is 17.5 Å². The maximum absolute atomic E-state index is 13.8. The Kier molecular flexibility index (Phi) is 4.88. The Labute approximate surface area is 127 Å². The molecule has 0 aromatic heterocycles. The van der Waals surface area contributed by atoms with E-state index in [9.17, 15) is 17.9 Å². The van der Waals surface area contributed by atoms with E-state index in [1.807, 2.05) is 0 Å². The van der Waals surface area contributed by atoms with Crippen LogP contribution in [0.5, 0.6) is 0 Å². The molecule has 0 radical (unpaired) electrons. The molecule has 2 aromatic carbocycles. The maximum Gasteiger partial charge on any atom is 0.243 e. The molecule has 0 aliphatic carbocycles. The van der Waals surface area contributed by atoms with Crippen LogP contribution in [0, 0.1) is 17.1 Å². The van der Waals surface area contributed by atoms with E-state index in [0.717, 1.165) is 12.1 Å². The highest BCUT2D eigenvalue weighted by Gasteiger charge is 2.19. The van der Waals surface area contributed by atoms with Gasteiger partial charge in [0.2, 0.25) is 10.0 Å². The summed E-state index contributed by atoms with van der Waals surface area (Å²) >= 11 is 0. The van der Waals surface area contributed by atoms with Crippen molar-refractivity contribution in [3.63, 3.8) is 0 Å². The number of nitrogens with one attached hydrogen (secondary N) is 1. The lowest BCUT2D eigenvalue weighted by atomic mass is 10.1. The molecule has 0 aliphatic heterocycles. The van der Waals surface area contributed by atoms with Crippen LogP contribution in [0.15, 0.2) is 47.4 Å². The summed E-state index contributed by atoms with van der Waals surface area (Å²) in [4.78, 5) is -0.520. The van der Waals surface area contributed by atoms with Crippen molar-refractivity contribution in [2.45, 2.75) is 18.0 Å². The predicted molar refractivity (Wildman–Crippen MR) is 77.5 cm³/mol. The molecular weight excluding hydrogens is 307 g/mol. The molecule has 2 aromatic rings. The monoisotopic (exact) mass is 320 g/mol. The first-order chi connectivity index (χ1) is 10.5. The van der Waals surface area contributed by atoms with Crippen molar-refractivity contribution in [2.75, 3.05) is 0 Å². The number of aliphatic hydroxyl groups is 1. The summed E-state index contributed by atoms with van der Waals surface area (Å²) in [5.41, 5.74) is 1.23. The molecule has 22 heavy (non-hydrogen) atoms. The Morgan fingerprint density at radius 1 is 1.18 bits per heavy atom. The Morgan fingerprint density at radius 3 is 2.45 bits per heavy atom. The van der Waals surface area contributed by atoms with Gasteiger partial charge in [-0.2, -0.15) is 5.26 Å². The Balaban J connectivity index is 2.23. The fourth-order valence-electron chi connectivity index (χ4n) is 1.92. The lowest BCUT2D eigenvalue weighted by Crippen LogP contribution is -2.24. The van der Waals surface area contributed by atoms with E-state index in [1.165, 1.54) is 6.07 Å². The molecule has 0 aliphatic rings. The van der Waals surface area contributed by atoms with Crippen LogP contribution < -0.4 is 4.72 Å². The highest BCUT2D eigenvalue weighted by Crippen LogP contribution is 2.17. The highest BCUT2D eigenvalue weighted by molar-refractivity contribution is 7.89. The van der Waals surface area contributed by atoms with E-state index in [-0.39, 0.29) is 18.7 Å². The molecule has 0 amide bonds. The van der Waals surface area contributed by atoms with E-state index in [0.29, 0.717) is 11.1 Å². The number of nitriles is 1. The fourth-order valence-corrected chi connectivity index (χ4v) is 2.99. The summed E-state index contributed by atoms with van der Waals surface area (Å²) < 4.78 is 40.3. The molecule has 2 rings (SSSR count). The predicted octanol–water partition coefficient (Wildman–Crippen LogP) is 1.67. The number of halogens is 1. The van der Waals surface area contributed by atoms with Crippen molar-refractivity contribution in [3.8, 4) is 6.07 Å². The van der Waals surface area contributed by atoms with Crippen LogP contribution in [0.3, 0.4) is 0 Å². The first-order valence-electron chi connectivity index (χ1n) is 6.35. The molecule has 0 saturated heterocycles. The fraction of sp³-hybridized carbons (Fsp3) is 0.133. The van der Waals surface area contributed by atoms with Gasteiger partial charge >= 0.3 is 0 Å². The van der Waals surface area contributed by atoms with Crippen LogP contribution in [0.25, 0.3) is 0 Å². The Morgan fingerprint density at radius 2 is 1.86 bits per heavy atom. The van der Waals surface area contributed by atoms with Crippen LogP contribution in [0.4, 0.5) is 4.39 Å². The van der Waals surface area contributed by atoms with Gasteiger partial charge < -0.3 is 5.11 Å². The Bertz CT molecular complexity index is 829. The summed E-state index contributed by atoms with van der Waals surface area (Å²) in [5, 5.41) is 17.9. The molecule has 0 unspecified atom stereocenters. The van der Waals surface area contributed by atoms with Crippen LogP contribution in [-0.4, -0.2) is 13.5 Å². The second kappa shape index (κ2) is 6.66. The van der Waals surface area contributed by atoms with Gasteiger partial charge in [0.15, 0.2) is 0 Å². The summed E-state index contributed by atoms with van der Waals surface area (Å²) in [5.74, 6) is -0.984. The first-order valence-corrected chi connectivity index (χ1v) is 7.83. The molecule has 0 atom stereocenters. The van der Waals surface area contributed by atoms with Crippen molar-refractivity contribution in [3.05, 3.63) is 65.0 Å². The van der Waals surface area contributed by atoms with Crippen molar-refractivity contribution in [1.29, 1.82) is 5.26 Å². The molecule has 0 fully saturated rings. The van der Waals surface area contributed by atoms with Crippen molar-refractivity contribution in [2.24, 2.45) is 0 Å². The van der Waals surface area contributed by atoms with Gasteiger partial charge in [-0.3, -0.25) is 0 Å². The normalized spacial score (nSPS) is 11.1. The maximum atomic E-state index is 13.8. The zero-order chi connectivity index (χ0) is 16.2. The topological polar surface area (TPSA) is 90.2 Å². The first kappa shape index (κ1) is 16.1. The number of hydrogen-bond donors (Lipinski definition) is 2. The van der Waals surface area contributed by atoms with E-state index >= 15 is 0 Å². The van der Waals surface area contributed by atoms with Crippen LogP contribution >= 0.6 is 0 Å². The van der Waals surface area contributed by atoms with Crippen molar-refractivity contribution in [1.82, 2.24) is 4.72 Å². The van der Waals surface area contributed by atoms with Crippen molar-refractivity contribution >= 4 is 10.0 Å². The molecule has 0 saturated carbocycles. The summed E-state index contributed by atoms with van der Waals surface area (Å²) in [6.45, 7) is -0.290. The lowest BCUT2D eigenvalue weighted by molar-refractivity contribution is 0.280. The highest BCUT2D eigenvalue weighted by atomic mass is 32.2. The zero-order valence-electron chi connectivity index (χ0n) is 11.5. The summed E-state index contributed by atoms with van der Waals surface area (Å²) in [6.07, 6.45) is 0. The SMILES string of the molecule is N#Cc1ccc(S(=O)(=O)NCc2ccccc2CO)c(F)c1. The summed E-state index contributed by atoms with van der Waals surface area (Å²) in [6, 6.07) is 11.7. The average molecular weight is 320 g/mol. The van der Waals surface area contributed by atoms with Gasteiger partial charge in [0.05, 0.1) is 18.2 Å². The van der Waals surface area contributed by atoms with Crippen LogP contribution in [-0.2, 0) is 23.2 Å². The molecular formula is C15H13FN2O3S. The smallest absolute Gasteiger partial charge is 0.243 e. The van der Waals surface area contributed by atoms with E-state index in [2.05, 4.69) is 4.72 Å². The van der Waals surface area contributed by atoms with Gasteiger partial charge in [0.25, 0.3) is 0 Å². The Hall–Kier alpha value is -2.27. The van der Waals surface area contributed by atoms with Crippen molar-refractivity contribution < 1.29 is 17.9 Å². The third-order valence-corrected chi connectivity index (χ3v) is 4.53. The minimum Gasteiger partial charge on any atom is -0.392 e. The largest absolute Gasteiger partial charge is 0.392 e. The molecule has 5 nitrogen and oxygen atoms in total. The quantitative estimate of drug-likeness (QED) is 0.877. The molecule has 114 valence electrons. The zero-order valence-corrected chi connectivity index (χ0v) is 12.3. The number of nitrogens with zero attached hydrogens (tertiary/aromatic N) is 1. The number of aliphatic hydroxyl groups excluding tert-OH is 1. The van der Waals surface area contributed by atoms with E-state index in [4.69, 9.17) is 5.26 Å². The molecule has 2 N–H and O–H groups in total. The van der Waals surface area contributed by atoms with Crippen LogP contribution in [0.2, 0.25) is 0 Å². The average Bonchev–Trinajstić information content (AvgIpc) is 2.52. The van der Waals surface area contributed by atoms with E-state index < -0.39 is 20.7 Å². The van der Waals surface area contributed by atoms with Crippen LogP contribution in [0.1, 0.15) is 16.7 Å². The molecule has 0 heterocycles. The van der Waals surface area contributed by atoms with Gasteiger partial charge in [-0.1, -0.05) is 24.3 Å². The third-order valence-electron chi connectivity index (χ3n) is 3.09. The minimum absolute atomic E-state index is 0.0436. The third kappa shape index (κ3) is 3.49. The minimum atomic E-state index is -4.06. The second-order valence-corrected chi connectivity index (χ2v) is 6.24. The summed E-state index contributed by atoms with van der Waals surface area (Å²) in [7, 11) is -4.06. The molecule has 7 heteroatoms. The number of hydrogen-bond acceptors (Lipinski definition) is 4. The molecule has 0 bridgehead atoms. The van der Waals surface area contributed by atoms with E-state index in [1.54, 1.807) is 30.3 Å². The number of sulfonamides is 1. The second-order valence-electron chi connectivity index (χ2n) is 4.51. The number of rotatable bonds is 5. The molecule has 0 spiro atoms. The van der Waals surface area contributed by atoms with Gasteiger partial charge in [-0.05, 0) is 29.3 Å². The van der Waals surface area contributed by atoms with Gasteiger partial charge in [0.1, 0.15) is 10.7 Å². The van der Waals surface area contributed by atoms with Gasteiger partial charge in [0, 0.05) is 6.54 Å². The number of benzene rings is 2.